The van der Waals surface area contributed by atoms with Gasteiger partial charge in [0.1, 0.15) is 11.4 Å². The largest absolute Gasteiger partial charge is 0.484 e. The topological polar surface area (TPSA) is 68.4 Å². The number of aryl methyl sites for hydroxylation is 1. The van der Waals surface area contributed by atoms with Crippen LogP contribution in [0.1, 0.15) is 39.0 Å². The lowest BCUT2D eigenvalue weighted by atomic mass is 10.1. The molecule has 1 heterocycles. The minimum atomic E-state index is -0.473. The van der Waals surface area contributed by atoms with E-state index in [0.29, 0.717) is 33.3 Å². The summed E-state index contributed by atoms with van der Waals surface area (Å²) in [6, 6.07) is 6.93. The maximum atomic E-state index is 12.4. The predicted octanol–water partition coefficient (Wildman–Crippen LogP) is 3.72. The second kappa shape index (κ2) is 7.33. The first-order valence-corrected chi connectivity index (χ1v) is 7.60. The van der Waals surface area contributed by atoms with Gasteiger partial charge in [0.15, 0.2) is 6.61 Å². The van der Waals surface area contributed by atoms with Crippen molar-refractivity contribution in [1.29, 1.82) is 0 Å². The summed E-state index contributed by atoms with van der Waals surface area (Å²) in [5.74, 6) is -0.259. The summed E-state index contributed by atoms with van der Waals surface area (Å²) in [5.41, 5.74) is 1.91. The number of aromatic nitrogens is 1. The summed E-state index contributed by atoms with van der Waals surface area (Å²) in [7, 11) is 0. The molecule has 23 heavy (non-hydrogen) atoms. The lowest BCUT2D eigenvalue weighted by molar-refractivity contribution is 0.0519. The van der Waals surface area contributed by atoms with Crippen LogP contribution in [-0.4, -0.2) is 30.0 Å². The third-order valence-corrected chi connectivity index (χ3v) is 3.70. The van der Waals surface area contributed by atoms with Crippen molar-refractivity contribution in [2.45, 2.75) is 20.8 Å². The molecule has 0 radical (unpaired) electrons. The van der Waals surface area contributed by atoms with Crippen LogP contribution in [0.25, 0.3) is 0 Å². The summed E-state index contributed by atoms with van der Waals surface area (Å²) in [4.78, 5) is 27.2. The van der Waals surface area contributed by atoms with E-state index in [-0.39, 0.29) is 19.0 Å². The van der Waals surface area contributed by atoms with E-state index in [1.54, 1.807) is 45.0 Å². The highest BCUT2D eigenvalue weighted by Crippen LogP contribution is 2.24. The summed E-state index contributed by atoms with van der Waals surface area (Å²) < 4.78 is 10.4. The highest BCUT2D eigenvalue weighted by Gasteiger charge is 2.23. The van der Waals surface area contributed by atoms with E-state index in [1.807, 2.05) is 0 Å². The van der Waals surface area contributed by atoms with Gasteiger partial charge >= 0.3 is 5.97 Å². The Hall–Kier alpha value is -2.27. The number of esters is 1. The van der Waals surface area contributed by atoms with E-state index in [9.17, 15) is 9.59 Å². The van der Waals surface area contributed by atoms with Gasteiger partial charge in [0.2, 0.25) is 5.78 Å². The first-order chi connectivity index (χ1) is 11.0. The molecular formula is C17H18ClNO4. The zero-order chi connectivity index (χ0) is 17.0. The van der Waals surface area contributed by atoms with Gasteiger partial charge in [-0.1, -0.05) is 23.7 Å². The molecule has 6 heteroatoms. The molecule has 1 aromatic heterocycles. The number of para-hydroxylation sites is 1. The maximum Gasteiger partial charge on any atom is 0.355 e. The number of rotatable bonds is 6. The normalized spacial score (nSPS) is 10.4. The molecule has 1 N–H and O–H groups in total. The molecule has 0 amide bonds. The molecule has 0 atom stereocenters. The first kappa shape index (κ1) is 17.1. The first-order valence-electron chi connectivity index (χ1n) is 7.22. The molecule has 2 aromatic rings. The standard InChI is InChI=1S/C17H18ClNO4/c1-4-22-17(21)16-10(2)15(11(3)19-16)13(20)9-23-14-8-6-5-7-12(14)18/h5-8,19H,4,9H2,1-3H3. The SMILES string of the molecule is CCOC(=O)c1[nH]c(C)c(C(=O)COc2ccccc2Cl)c1C. The fourth-order valence-corrected chi connectivity index (χ4v) is 2.54. The highest BCUT2D eigenvalue weighted by molar-refractivity contribution is 6.32. The second-order valence-electron chi connectivity index (χ2n) is 4.99. The number of carbonyl (C=O) groups excluding carboxylic acids is 2. The molecule has 0 saturated carbocycles. The average Bonchev–Trinajstić information content (AvgIpc) is 2.81. The van der Waals surface area contributed by atoms with Crippen molar-refractivity contribution in [1.82, 2.24) is 4.98 Å². The Bertz CT molecular complexity index is 736. The zero-order valence-electron chi connectivity index (χ0n) is 13.2. The molecule has 0 saturated heterocycles. The Labute approximate surface area is 139 Å². The van der Waals surface area contributed by atoms with Gasteiger partial charge in [-0.25, -0.2) is 4.79 Å². The molecule has 0 aliphatic heterocycles. The van der Waals surface area contributed by atoms with Gasteiger partial charge in [0, 0.05) is 11.3 Å². The van der Waals surface area contributed by atoms with Crippen LogP contribution in [0.4, 0.5) is 0 Å². The van der Waals surface area contributed by atoms with Crippen molar-refractivity contribution in [2.75, 3.05) is 13.2 Å². The number of aromatic amines is 1. The number of Topliss-reactive ketones (excluding diaryl/α,β-unsaturated/α-hetero) is 1. The molecule has 2 rings (SSSR count). The van der Waals surface area contributed by atoms with Crippen LogP contribution in [0.15, 0.2) is 24.3 Å². The number of hydrogen-bond donors (Lipinski definition) is 1. The minimum absolute atomic E-state index is 0.161. The third-order valence-electron chi connectivity index (χ3n) is 3.39. The number of benzene rings is 1. The second-order valence-corrected chi connectivity index (χ2v) is 5.39. The van der Waals surface area contributed by atoms with Crippen LogP contribution in [-0.2, 0) is 4.74 Å². The molecule has 0 aliphatic carbocycles. The number of ketones is 1. The number of nitrogens with one attached hydrogen (secondary N) is 1. The molecule has 0 bridgehead atoms. The van der Waals surface area contributed by atoms with E-state index in [0.717, 1.165) is 0 Å². The quantitative estimate of drug-likeness (QED) is 0.645. The molecular weight excluding hydrogens is 318 g/mol. The fourth-order valence-electron chi connectivity index (χ4n) is 2.35. The lowest BCUT2D eigenvalue weighted by Crippen LogP contribution is -2.14. The van der Waals surface area contributed by atoms with Gasteiger partial charge in [-0.05, 0) is 38.5 Å². The lowest BCUT2D eigenvalue weighted by Gasteiger charge is -2.07. The Morgan fingerprint density at radius 2 is 1.91 bits per heavy atom. The van der Waals surface area contributed by atoms with Gasteiger partial charge in [-0.15, -0.1) is 0 Å². The average molecular weight is 336 g/mol. The Kier molecular flexibility index (Phi) is 5.45. The summed E-state index contributed by atoms with van der Waals surface area (Å²) in [5, 5.41) is 0.440. The van der Waals surface area contributed by atoms with E-state index in [4.69, 9.17) is 21.1 Å². The molecule has 0 unspecified atom stereocenters. The molecule has 0 spiro atoms. The van der Waals surface area contributed by atoms with Gasteiger partial charge in [0.05, 0.1) is 11.6 Å². The minimum Gasteiger partial charge on any atom is -0.484 e. The maximum absolute atomic E-state index is 12.4. The summed E-state index contributed by atoms with van der Waals surface area (Å²) >= 11 is 5.99. The number of hydrogen-bond acceptors (Lipinski definition) is 4. The van der Waals surface area contributed by atoms with Gasteiger partial charge in [0.25, 0.3) is 0 Å². The Balaban J connectivity index is 2.17. The van der Waals surface area contributed by atoms with E-state index in [1.165, 1.54) is 0 Å². The van der Waals surface area contributed by atoms with Crippen LogP contribution in [0.3, 0.4) is 0 Å². The molecule has 0 aliphatic rings. The number of ether oxygens (including phenoxy) is 2. The molecule has 122 valence electrons. The van der Waals surface area contributed by atoms with Gasteiger partial charge < -0.3 is 14.5 Å². The smallest absolute Gasteiger partial charge is 0.355 e. The van der Waals surface area contributed by atoms with Crippen molar-refractivity contribution in [3.63, 3.8) is 0 Å². The van der Waals surface area contributed by atoms with Gasteiger partial charge in [-0.3, -0.25) is 4.79 Å². The third kappa shape index (κ3) is 3.74. The summed E-state index contributed by atoms with van der Waals surface area (Å²) in [6.45, 7) is 5.28. The Morgan fingerprint density at radius 3 is 2.57 bits per heavy atom. The fraction of sp³-hybridized carbons (Fsp3) is 0.294. The van der Waals surface area contributed by atoms with Crippen molar-refractivity contribution < 1.29 is 19.1 Å². The van der Waals surface area contributed by atoms with E-state index in [2.05, 4.69) is 4.98 Å². The number of halogens is 1. The molecule has 0 fully saturated rings. The van der Waals surface area contributed by atoms with Crippen LogP contribution < -0.4 is 4.74 Å². The highest BCUT2D eigenvalue weighted by atomic mass is 35.5. The van der Waals surface area contributed by atoms with Crippen molar-refractivity contribution in [3.05, 3.63) is 51.8 Å². The molecule has 5 nitrogen and oxygen atoms in total. The van der Waals surface area contributed by atoms with Crippen molar-refractivity contribution >= 4 is 23.4 Å². The number of H-pyrrole nitrogens is 1. The zero-order valence-corrected chi connectivity index (χ0v) is 14.0. The number of carbonyl (C=O) groups is 2. The summed E-state index contributed by atoms with van der Waals surface area (Å²) in [6.07, 6.45) is 0. The van der Waals surface area contributed by atoms with Crippen LogP contribution >= 0.6 is 11.6 Å². The Morgan fingerprint density at radius 1 is 1.22 bits per heavy atom. The van der Waals surface area contributed by atoms with Crippen LogP contribution in [0.2, 0.25) is 5.02 Å². The predicted molar refractivity (Wildman–Crippen MR) is 87.5 cm³/mol. The van der Waals surface area contributed by atoms with Crippen molar-refractivity contribution in [3.8, 4) is 5.75 Å². The van der Waals surface area contributed by atoms with Crippen LogP contribution in [0.5, 0.6) is 5.75 Å². The molecule has 1 aromatic carbocycles. The van der Waals surface area contributed by atoms with E-state index >= 15 is 0 Å². The van der Waals surface area contributed by atoms with Crippen LogP contribution in [0, 0.1) is 13.8 Å². The van der Waals surface area contributed by atoms with E-state index < -0.39 is 5.97 Å². The van der Waals surface area contributed by atoms with Gasteiger partial charge in [-0.2, -0.15) is 0 Å². The van der Waals surface area contributed by atoms with Crippen molar-refractivity contribution in [2.24, 2.45) is 0 Å². The monoisotopic (exact) mass is 335 g/mol.